The van der Waals surface area contributed by atoms with Gasteiger partial charge in [0.25, 0.3) is 0 Å². The Balaban J connectivity index is 1.69. The van der Waals surface area contributed by atoms with E-state index >= 15 is 0 Å². The molecule has 0 aliphatic heterocycles. The molecule has 3 aromatic rings. The summed E-state index contributed by atoms with van der Waals surface area (Å²) in [5.74, 6) is -3.16. The zero-order chi connectivity index (χ0) is 23.1. The Hall–Kier alpha value is -3.09. The van der Waals surface area contributed by atoms with E-state index in [0.29, 0.717) is 16.3 Å². The fourth-order valence-electron chi connectivity index (χ4n) is 3.23. The Morgan fingerprint density at radius 2 is 1.53 bits per heavy atom. The van der Waals surface area contributed by atoms with Crippen LogP contribution in [0.1, 0.15) is 34.8 Å². The van der Waals surface area contributed by atoms with Crippen molar-refractivity contribution in [3.05, 3.63) is 101 Å². The number of nitrogens with one attached hydrogen (secondary N) is 1. The van der Waals surface area contributed by atoms with Gasteiger partial charge in [-0.05, 0) is 41.0 Å². The maximum atomic E-state index is 12.6. The standard InChI is InChI=1S/C25H22ClNO4S/c1-16(23(29)25(30)31)19-8-5-9-21(14-19)27-22(28)15-32-24(17-6-3-2-4-7-17)18-10-12-20(26)13-11-18/h2-14,16,24H,15H2,1H3,(H,27,28)(H,30,31). The number of amides is 1. The van der Waals surface area contributed by atoms with Crippen LogP contribution in [0, 0.1) is 0 Å². The van der Waals surface area contributed by atoms with E-state index < -0.39 is 17.7 Å². The minimum atomic E-state index is -1.47. The van der Waals surface area contributed by atoms with Gasteiger partial charge in [-0.3, -0.25) is 9.59 Å². The van der Waals surface area contributed by atoms with Gasteiger partial charge in [-0.1, -0.05) is 73.1 Å². The van der Waals surface area contributed by atoms with Crippen molar-refractivity contribution >= 4 is 46.7 Å². The third kappa shape index (κ3) is 6.22. The second-order valence-electron chi connectivity index (χ2n) is 7.22. The van der Waals surface area contributed by atoms with Crippen LogP contribution in [0.5, 0.6) is 0 Å². The first-order valence-electron chi connectivity index (χ1n) is 9.94. The summed E-state index contributed by atoms with van der Waals surface area (Å²) in [6.07, 6.45) is 0. The fraction of sp³-hybridized carbons (Fsp3) is 0.160. The van der Waals surface area contributed by atoms with Gasteiger partial charge in [0.2, 0.25) is 11.7 Å². The number of Topliss-reactive ketones (excluding diaryl/α,β-unsaturated/α-hetero) is 1. The van der Waals surface area contributed by atoms with Crippen LogP contribution in [0.25, 0.3) is 0 Å². The molecule has 5 nitrogen and oxygen atoms in total. The third-order valence-corrected chi connectivity index (χ3v) is 6.49. The number of hydrogen-bond acceptors (Lipinski definition) is 4. The molecule has 0 heterocycles. The van der Waals surface area contributed by atoms with Gasteiger partial charge in [-0.25, -0.2) is 4.79 Å². The van der Waals surface area contributed by atoms with Crippen LogP contribution < -0.4 is 5.32 Å². The van der Waals surface area contributed by atoms with E-state index in [-0.39, 0.29) is 16.9 Å². The predicted octanol–water partition coefficient (Wildman–Crippen LogP) is 5.56. The monoisotopic (exact) mass is 467 g/mol. The van der Waals surface area contributed by atoms with Crippen LogP contribution in [0.3, 0.4) is 0 Å². The first kappa shape index (κ1) is 23.6. The lowest BCUT2D eigenvalue weighted by Gasteiger charge is -2.18. The second kappa shape index (κ2) is 11.0. The van der Waals surface area contributed by atoms with E-state index in [1.807, 2.05) is 54.6 Å². The number of carbonyl (C=O) groups is 3. The maximum absolute atomic E-state index is 12.6. The van der Waals surface area contributed by atoms with Crippen LogP contribution in [-0.4, -0.2) is 28.5 Å². The molecule has 0 aromatic heterocycles. The Labute approximate surface area is 195 Å². The van der Waals surface area contributed by atoms with Crippen LogP contribution >= 0.6 is 23.4 Å². The molecule has 2 unspecified atom stereocenters. The van der Waals surface area contributed by atoms with Gasteiger partial charge in [0.05, 0.1) is 16.9 Å². The summed E-state index contributed by atoms with van der Waals surface area (Å²) in [4.78, 5) is 35.3. The summed E-state index contributed by atoms with van der Waals surface area (Å²) in [6, 6.07) is 24.2. The van der Waals surface area contributed by atoms with Gasteiger partial charge >= 0.3 is 5.97 Å². The highest BCUT2D eigenvalue weighted by Crippen LogP contribution is 2.36. The smallest absolute Gasteiger partial charge is 0.372 e. The van der Waals surface area contributed by atoms with Crippen molar-refractivity contribution in [2.24, 2.45) is 0 Å². The van der Waals surface area contributed by atoms with Crippen LogP contribution in [0.4, 0.5) is 5.69 Å². The van der Waals surface area contributed by atoms with Gasteiger partial charge in [-0.15, -0.1) is 11.8 Å². The summed E-state index contributed by atoms with van der Waals surface area (Å²) < 4.78 is 0. The molecular formula is C25H22ClNO4S. The fourth-order valence-corrected chi connectivity index (χ4v) is 4.44. The Kier molecular flexibility index (Phi) is 8.09. The van der Waals surface area contributed by atoms with E-state index in [1.54, 1.807) is 24.3 Å². The van der Waals surface area contributed by atoms with Crippen molar-refractivity contribution in [1.82, 2.24) is 0 Å². The topological polar surface area (TPSA) is 83.5 Å². The Bertz CT molecular complexity index is 1100. The molecule has 0 aliphatic rings. The highest BCUT2D eigenvalue weighted by Gasteiger charge is 2.22. The minimum Gasteiger partial charge on any atom is -0.475 e. The SMILES string of the molecule is CC(C(=O)C(=O)O)c1cccc(NC(=O)CSC(c2ccccc2)c2ccc(Cl)cc2)c1. The van der Waals surface area contributed by atoms with Crippen LogP contribution in [-0.2, 0) is 14.4 Å². The molecule has 0 aliphatic carbocycles. The molecule has 164 valence electrons. The number of carboxylic acid groups (broad SMARTS) is 1. The lowest BCUT2D eigenvalue weighted by molar-refractivity contribution is -0.149. The van der Waals surface area contributed by atoms with Crippen LogP contribution in [0.15, 0.2) is 78.9 Å². The van der Waals surface area contributed by atoms with Crippen molar-refractivity contribution in [2.45, 2.75) is 18.1 Å². The number of hydrogen-bond donors (Lipinski definition) is 2. The molecule has 7 heteroatoms. The van der Waals surface area contributed by atoms with Gasteiger partial charge < -0.3 is 10.4 Å². The number of halogens is 1. The third-order valence-electron chi connectivity index (χ3n) is 4.93. The van der Waals surface area contributed by atoms with E-state index in [1.165, 1.54) is 18.7 Å². The zero-order valence-corrected chi connectivity index (χ0v) is 18.9. The number of rotatable bonds is 9. The van der Waals surface area contributed by atoms with E-state index in [4.69, 9.17) is 16.7 Å². The molecule has 0 fully saturated rings. The quantitative estimate of drug-likeness (QED) is 0.402. The Morgan fingerprint density at radius 1 is 0.906 bits per heavy atom. The van der Waals surface area contributed by atoms with E-state index in [0.717, 1.165) is 11.1 Å². The van der Waals surface area contributed by atoms with Crippen molar-refractivity contribution in [2.75, 3.05) is 11.1 Å². The molecule has 3 rings (SSSR count). The average molecular weight is 468 g/mol. The molecule has 1 amide bonds. The molecule has 0 saturated carbocycles. The van der Waals surface area contributed by atoms with Gasteiger partial charge in [0.1, 0.15) is 0 Å². The molecule has 32 heavy (non-hydrogen) atoms. The van der Waals surface area contributed by atoms with Gasteiger partial charge in [0.15, 0.2) is 0 Å². The molecule has 2 atom stereocenters. The van der Waals surface area contributed by atoms with Crippen molar-refractivity contribution in [3.8, 4) is 0 Å². The number of carboxylic acids is 1. The van der Waals surface area contributed by atoms with Crippen molar-refractivity contribution in [3.63, 3.8) is 0 Å². The largest absolute Gasteiger partial charge is 0.475 e. The number of carbonyl (C=O) groups excluding carboxylic acids is 2. The molecule has 0 radical (unpaired) electrons. The lowest BCUT2D eigenvalue weighted by Crippen LogP contribution is -2.20. The number of thioether (sulfide) groups is 1. The van der Waals surface area contributed by atoms with Gasteiger partial charge in [0, 0.05) is 10.7 Å². The normalized spacial score (nSPS) is 12.6. The molecule has 0 saturated heterocycles. The number of ketones is 1. The minimum absolute atomic E-state index is 0.0428. The molecule has 2 N–H and O–H groups in total. The molecular weight excluding hydrogens is 446 g/mol. The number of anilines is 1. The first-order chi connectivity index (χ1) is 15.3. The van der Waals surface area contributed by atoms with Gasteiger partial charge in [-0.2, -0.15) is 0 Å². The van der Waals surface area contributed by atoms with E-state index in [9.17, 15) is 14.4 Å². The highest BCUT2D eigenvalue weighted by molar-refractivity contribution is 8.00. The molecule has 0 bridgehead atoms. The Morgan fingerprint density at radius 3 is 2.19 bits per heavy atom. The van der Waals surface area contributed by atoms with Crippen molar-refractivity contribution in [1.29, 1.82) is 0 Å². The molecule has 0 spiro atoms. The summed E-state index contributed by atoms with van der Waals surface area (Å²) in [6.45, 7) is 1.53. The highest BCUT2D eigenvalue weighted by atomic mass is 35.5. The predicted molar refractivity (Wildman–Crippen MR) is 128 cm³/mol. The lowest BCUT2D eigenvalue weighted by atomic mass is 9.96. The molecule has 3 aromatic carbocycles. The second-order valence-corrected chi connectivity index (χ2v) is 8.75. The van der Waals surface area contributed by atoms with E-state index in [2.05, 4.69) is 5.32 Å². The summed E-state index contributed by atoms with van der Waals surface area (Å²) in [5, 5.41) is 12.4. The zero-order valence-electron chi connectivity index (χ0n) is 17.3. The maximum Gasteiger partial charge on any atom is 0.372 e. The number of benzene rings is 3. The number of aliphatic carboxylic acids is 1. The summed E-state index contributed by atoms with van der Waals surface area (Å²) in [7, 11) is 0. The average Bonchev–Trinajstić information content (AvgIpc) is 2.80. The summed E-state index contributed by atoms with van der Waals surface area (Å²) in [5.41, 5.74) is 3.17. The van der Waals surface area contributed by atoms with Crippen molar-refractivity contribution < 1.29 is 19.5 Å². The first-order valence-corrected chi connectivity index (χ1v) is 11.4. The summed E-state index contributed by atoms with van der Waals surface area (Å²) >= 11 is 7.52. The van der Waals surface area contributed by atoms with Crippen LogP contribution in [0.2, 0.25) is 5.02 Å².